The molecule has 0 N–H and O–H groups in total. The molecule has 0 aromatic rings. The zero-order valence-electron chi connectivity index (χ0n) is 10.5. The lowest BCUT2D eigenvalue weighted by atomic mass is 10.0. The molecule has 0 unspecified atom stereocenters. The third-order valence-corrected chi connectivity index (χ3v) is 2.31. The Balaban J connectivity index is 3.68. The predicted molar refractivity (Wildman–Crippen MR) is 63.7 cm³/mol. The molecule has 2 heteroatoms. The number of ether oxygens (including phenoxy) is 1. The van der Waals surface area contributed by atoms with E-state index in [1.165, 1.54) is 0 Å². The van der Waals surface area contributed by atoms with Crippen LogP contribution in [0.15, 0.2) is 12.2 Å². The molecule has 0 aromatic heterocycles. The van der Waals surface area contributed by atoms with E-state index in [1.807, 2.05) is 27.7 Å². The Morgan fingerprint density at radius 3 is 2.53 bits per heavy atom. The number of hydrogen-bond acceptors (Lipinski definition) is 2. The lowest BCUT2D eigenvalue weighted by Crippen LogP contribution is -2.27. The van der Waals surface area contributed by atoms with Crippen molar-refractivity contribution in [3.8, 4) is 0 Å². The van der Waals surface area contributed by atoms with Crippen molar-refractivity contribution < 1.29 is 9.53 Å². The van der Waals surface area contributed by atoms with Gasteiger partial charge in [0, 0.05) is 6.42 Å². The van der Waals surface area contributed by atoms with E-state index in [0.29, 0.717) is 6.42 Å². The summed E-state index contributed by atoms with van der Waals surface area (Å²) in [6.07, 6.45) is 9.03. The average Bonchev–Trinajstić information content (AvgIpc) is 2.16. The van der Waals surface area contributed by atoms with Crippen molar-refractivity contribution in [2.75, 3.05) is 0 Å². The van der Waals surface area contributed by atoms with Crippen LogP contribution < -0.4 is 0 Å². The van der Waals surface area contributed by atoms with Gasteiger partial charge in [-0.25, -0.2) is 0 Å². The van der Waals surface area contributed by atoms with Crippen molar-refractivity contribution in [3.63, 3.8) is 0 Å². The second-order valence-corrected chi connectivity index (χ2v) is 4.40. The van der Waals surface area contributed by atoms with Gasteiger partial charge in [-0.15, -0.1) is 0 Å². The first-order valence-electron chi connectivity index (χ1n) is 5.85. The normalized spacial score (nSPS) is 12.0. The SMILES string of the molecule is CC=CCCCCC(C)(C)OC(=O)CC. The molecule has 0 saturated heterocycles. The molecule has 0 amide bonds. The summed E-state index contributed by atoms with van der Waals surface area (Å²) in [6.45, 7) is 7.82. The average molecular weight is 212 g/mol. The fraction of sp³-hybridized carbons (Fsp3) is 0.769. The van der Waals surface area contributed by atoms with Gasteiger partial charge in [-0.05, 0) is 46.5 Å². The van der Waals surface area contributed by atoms with Crippen LogP contribution >= 0.6 is 0 Å². The van der Waals surface area contributed by atoms with Crippen molar-refractivity contribution in [1.29, 1.82) is 0 Å². The molecule has 0 heterocycles. The largest absolute Gasteiger partial charge is 0.460 e. The maximum atomic E-state index is 11.1. The summed E-state index contributed by atoms with van der Waals surface area (Å²) in [4.78, 5) is 11.1. The van der Waals surface area contributed by atoms with Crippen LogP contribution in [0.4, 0.5) is 0 Å². The number of esters is 1. The second kappa shape index (κ2) is 7.49. The Hall–Kier alpha value is -0.790. The van der Waals surface area contributed by atoms with Gasteiger partial charge in [-0.2, -0.15) is 0 Å². The molecule has 0 rings (SSSR count). The Morgan fingerprint density at radius 1 is 1.33 bits per heavy atom. The highest BCUT2D eigenvalue weighted by atomic mass is 16.6. The zero-order valence-corrected chi connectivity index (χ0v) is 10.5. The first-order valence-corrected chi connectivity index (χ1v) is 5.85. The van der Waals surface area contributed by atoms with E-state index in [2.05, 4.69) is 12.2 Å². The van der Waals surface area contributed by atoms with Crippen molar-refractivity contribution in [1.82, 2.24) is 0 Å². The summed E-state index contributed by atoms with van der Waals surface area (Å²) in [5.41, 5.74) is -0.303. The predicted octanol–water partition coefficient (Wildman–Crippen LogP) is 3.85. The third-order valence-electron chi connectivity index (χ3n) is 2.31. The third kappa shape index (κ3) is 8.22. The van der Waals surface area contributed by atoms with E-state index in [4.69, 9.17) is 4.74 Å². The van der Waals surface area contributed by atoms with Gasteiger partial charge in [0.2, 0.25) is 0 Å². The van der Waals surface area contributed by atoms with Crippen molar-refractivity contribution in [2.24, 2.45) is 0 Å². The molecular weight excluding hydrogens is 188 g/mol. The molecule has 15 heavy (non-hydrogen) atoms. The van der Waals surface area contributed by atoms with Crippen LogP contribution in [0.5, 0.6) is 0 Å². The number of carbonyl (C=O) groups is 1. The highest BCUT2D eigenvalue weighted by molar-refractivity contribution is 5.69. The molecule has 0 bridgehead atoms. The first-order chi connectivity index (χ1) is 7.02. The Bertz CT molecular complexity index is 205. The fourth-order valence-electron chi connectivity index (χ4n) is 1.41. The van der Waals surface area contributed by atoms with E-state index >= 15 is 0 Å². The molecule has 0 radical (unpaired) electrons. The van der Waals surface area contributed by atoms with Crippen LogP contribution in [0.1, 0.15) is 59.8 Å². The molecule has 0 aliphatic carbocycles. The maximum Gasteiger partial charge on any atom is 0.306 e. The van der Waals surface area contributed by atoms with Gasteiger partial charge < -0.3 is 4.74 Å². The summed E-state index contributed by atoms with van der Waals surface area (Å²) in [6, 6.07) is 0. The quantitative estimate of drug-likeness (QED) is 0.364. The molecule has 0 aromatic carbocycles. The van der Waals surface area contributed by atoms with Crippen LogP contribution in [0.3, 0.4) is 0 Å². The Morgan fingerprint density at radius 2 is 2.00 bits per heavy atom. The highest BCUT2D eigenvalue weighted by Crippen LogP contribution is 2.19. The van der Waals surface area contributed by atoms with Gasteiger partial charge >= 0.3 is 5.97 Å². The van der Waals surface area contributed by atoms with Crippen molar-refractivity contribution in [3.05, 3.63) is 12.2 Å². The monoisotopic (exact) mass is 212 g/mol. The fourth-order valence-corrected chi connectivity index (χ4v) is 1.41. The number of hydrogen-bond donors (Lipinski definition) is 0. The molecule has 88 valence electrons. The van der Waals surface area contributed by atoms with Gasteiger partial charge in [-0.3, -0.25) is 4.79 Å². The first kappa shape index (κ1) is 14.2. The molecule has 0 aliphatic rings. The van der Waals surface area contributed by atoms with E-state index in [0.717, 1.165) is 25.7 Å². The van der Waals surface area contributed by atoms with Gasteiger partial charge in [-0.1, -0.05) is 19.1 Å². The smallest absolute Gasteiger partial charge is 0.306 e. The van der Waals surface area contributed by atoms with E-state index in [9.17, 15) is 4.79 Å². The second-order valence-electron chi connectivity index (χ2n) is 4.40. The standard InChI is InChI=1S/C13H24O2/c1-5-7-8-9-10-11-13(3,4)15-12(14)6-2/h5,7H,6,8-11H2,1-4H3. The van der Waals surface area contributed by atoms with Gasteiger partial charge in [0.25, 0.3) is 0 Å². The summed E-state index contributed by atoms with van der Waals surface area (Å²) in [7, 11) is 0. The van der Waals surface area contributed by atoms with E-state index in [1.54, 1.807) is 0 Å². The number of allylic oxidation sites excluding steroid dienone is 2. The van der Waals surface area contributed by atoms with Crippen molar-refractivity contribution >= 4 is 5.97 Å². The van der Waals surface area contributed by atoms with Gasteiger partial charge in [0.1, 0.15) is 5.60 Å². The minimum absolute atomic E-state index is 0.103. The van der Waals surface area contributed by atoms with E-state index in [-0.39, 0.29) is 11.6 Å². The molecule has 2 nitrogen and oxygen atoms in total. The number of unbranched alkanes of at least 4 members (excludes halogenated alkanes) is 2. The highest BCUT2D eigenvalue weighted by Gasteiger charge is 2.20. The molecule has 0 spiro atoms. The lowest BCUT2D eigenvalue weighted by Gasteiger charge is -2.24. The number of rotatable bonds is 7. The summed E-state index contributed by atoms with van der Waals surface area (Å²) in [5.74, 6) is -0.103. The maximum absolute atomic E-state index is 11.1. The Labute approximate surface area is 93.7 Å². The number of carbonyl (C=O) groups excluding carboxylic acids is 1. The zero-order chi connectivity index (χ0) is 11.7. The van der Waals surface area contributed by atoms with Gasteiger partial charge in [0.15, 0.2) is 0 Å². The van der Waals surface area contributed by atoms with Crippen LogP contribution in [0, 0.1) is 0 Å². The molecular formula is C13H24O2. The van der Waals surface area contributed by atoms with E-state index < -0.39 is 0 Å². The van der Waals surface area contributed by atoms with Gasteiger partial charge in [0.05, 0.1) is 0 Å². The van der Waals surface area contributed by atoms with Crippen LogP contribution in [0.2, 0.25) is 0 Å². The summed E-state index contributed by atoms with van der Waals surface area (Å²) in [5, 5.41) is 0. The molecule has 0 aliphatic heterocycles. The lowest BCUT2D eigenvalue weighted by molar-refractivity contribution is -0.156. The van der Waals surface area contributed by atoms with Crippen LogP contribution in [-0.2, 0) is 9.53 Å². The molecule has 0 saturated carbocycles. The minimum atomic E-state index is -0.303. The van der Waals surface area contributed by atoms with Crippen LogP contribution in [0.25, 0.3) is 0 Å². The molecule has 0 atom stereocenters. The molecule has 0 fully saturated rings. The van der Waals surface area contributed by atoms with Crippen molar-refractivity contribution in [2.45, 2.75) is 65.4 Å². The van der Waals surface area contributed by atoms with Crippen LogP contribution in [-0.4, -0.2) is 11.6 Å². The summed E-state index contributed by atoms with van der Waals surface area (Å²) >= 11 is 0. The summed E-state index contributed by atoms with van der Waals surface area (Å²) < 4.78 is 5.34. The minimum Gasteiger partial charge on any atom is -0.460 e. The topological polar surface area (TPSA) is 26.3 Å². The Kier molecular flexibility index (Phi) is 7.10.